The summed E-state index contributed by atoms with van der Waals surface area (Å²) in [6, 6.07) is 6.94. The number of ether oxygens (including phenoxy) is 1. The molecule has 0 aliphatic rings. The van der Waals surface area contributed by atoms with Crippen molar-refractivity contribution in [2.45, 2.75) is 16.2 Å². The average molecular weight is 439 g/mol. The van der Waals surface area contributed by atoms with Crippen molar-refractivity contribution < 1.29 is 26.4 Å². The van der Waals surface area contributed by atoms with E-state index < -0.39 is 26.0 Å². The van der Waals surface area contributed by atoms with Crippen LogP contribution in [0.25, 0.3) is 0 Å². The summed E-state index contributed by atoms with van der Waals surface area (Å²) in [5.41, 5.74) is 0.705. The van der Waals surface area contributed by atoms with Gasteiger partial charge >= 0.3 is 5.97 Å². The fourth-order valence-corrected chi connectivity index (χ4v) is 5.31. The van der Waals surface area contributed by atoms with Crippen molar-refractivity contribution in [2.24, 2.45) is 5.14 Å². The van der Waals surface area contributed by atoms with Crippen molar-refractivity contribution in [3.05, 3.63) is 45.1 Å². The van der Waals surface area contributed by atoms with E-state index in [0.29, 0.717) is 12.0 Å². The molecule has 0 aliphatic carbocycles. The van der Waals surface area contributed by atoms with Crippen LogP contribution in [-0.2, 0) is 31.2 Å². The number of sulfonamides is 2. The standard InChI is InChI=1S/C14H15ClN2O6S3/c1-23-14(18)13-11(8-12(15)24-13)26(21,22)17-7-6-9-2-4-10(5-3-9)25(16,19)20/h2-5,8,17H,6-7H2,1H3,(H2,16,19,20). The third-order valence-corrected chi connectivity index (χ3v) is 7.07. The van der Waals surface area contributed by atoms with E-state index in [1.807, 2.05) is 0 Å². The fraction of sp³-hybridized carbons (Fsp3) is 0.214. The Morgan fingerprint density at radius 2 is 1.85 bits per heavy atom. The second kappa shape index (κ2) is 8.03. The molecule has 0 amide bonds. The first-order valence-electron chi connectivity index (χ1n) is 7.03. The maximum absolute atomic E-state index is 12.4. The summed E-state index contributed by atoms with van der Waals surface area (Å²) < 4.78 is 54.3. The Hall–Kier alpha value is -1.50. The van der Waals surface area contributed by atoms with Gasteiger partial charge in [-0.05, 0) is 30.2 Å². The molecule has 0 saturated heterocycles. The van der Waals surface area contributed by atoms with Crippen LogP contribution in [0.2, 0.25) is 4.34 Å². The van der Waals surface area contributed by atoms with E-state index in [1.165, 1.54) is 30.3 Å². The number of halogens is 1. The van der Waals surface area contributed by atoms with Crippen molar-refractivity contribution in [1.29, 1.82) is 0 Å². The number of hydrogen-bond donors (Lipinski definition) is 2. The first kappa shape index (κ1) is 20.8. The maximum atomic E-state index is 12.4. The van der Waals surface area contributed by atoms with Crippen molar-refractivity contribution in [3.8, 4) is 0 Å². The van der Waals surface area contributed by atoms with Gasteiger partial charge in [-0.1, -0.05) is 23.7 Å². The number of esters is 1. The lowest BCUT2D eigenvalue weighted by atomic mass is 10.2. The summed E-state index contributed by atoms with van der Waals surface area (Å²) in [4.78, 5) is 11.3. The second-order valence-electron chi connectivity index (χ2n) is 5.07. The van der Waals surface area contributed by atoms with Crippen LogP contribution in [0.3, 0.4) is 0 Å². The maximum Gasteiger partial charge on any atom is 0.349 e. The van der Waals surface area contributed by atoms with Gasteiger partial charge in [0.25, 0.3) is 0 Å². The molecule has 12 heteroatoms. The molecule has 0 unspecified atom stereocenters. The van der Waals surface area contributed by atoms with Gasteiger partial charge < -0.3 is 4.74 Å². The van der Waals surface area contributed by atoms with Crippen molar-refractivity contribution >= 4 is 49.0 Å². The molecule has 1 heterocycles. The number of thiophene rings is 1. The molecule has 0 fully saturated rings. The molecule has 3 N–H and O–H groups in total. The van der Waals surface area contributed by atoms with Crippen molar-refractivity contribution in [3.63, 3.8) is 0 Å². The van der Waals surface area contributed by atoms with E-state index in [-0.39, 0.29) is 25.5 Å². The number of benzene rings is 1. The Bertz CT molecular complexity index is 1010. The van der Waals surface area contributed by atoms with E-state index in [2.05, 4.69) is 9.46 Å². The first-order valence-corrected chi connectivity index (χ1v) is 11.3. The molecule has 0 spiro atoms. The Kier molecular flexibility index (Phi) is 6.42. The number of nitrogens with one attached hydrogen (secondary N) is 1. The quantitative estimate of drug-likeness (QED) is 0.627. The lowest BCUT2D eigenvalue weighted by molar-refractivity contribution is 0.0602. The highest BCUT2D eigenvalue weighted by atomic mass is 35.5. The van der Waals surface area contributed by atoms with Crippen LogP contribution in [0.15, 0.2) is 40.1 Å². The lowest BCUT2D eigenvalue weighted by Crippen LogP contribution is -2.27. The largest absolute Gasteiger partial charge is 0.465 e. The number of primary sulfonamides is 1. The van der Waals surface area contributed by atoms with Crippen LogP contribution < -0.4 is 9.86 Å². The zero-order valence-electron chi connectivity index (χ0n) is 13.4. The number of hydrogen-bond acceptors (Lipinski definition) is 7. The van der Waals surface area contributed by atoms with Crippen LogP contribution in [-0.4, -0.2) is 36.5 Å². The molecule has 0 atom stereocenters. The fourth-order valence-electron chi connectivity index (χ4n) is 2.03. The molecule has 0 bridgehead atoms. The molecule has 0 saturated carbocycles. The van der Waals surface area contributed by atoms with Crippen LogP contribution in [0.1, 0.15) is 15.2 Å². The Balaban J connectivity index is 2.09. The molecule has 2 rings (SSSR count). The van der Waals surface area contributed by atoms with Gasteiger partial charge in [0.05, 0.1) is 16.3 Å². The molecule has 8 nitrogen and oxygen atoms in total. The van der Waals surface area contributed by atoms with Gasteiger partial charge in [0, 0.05) is 6.54 Å². The van der Waals surface area contributed by atoms with E-state index in [9.17, 15) is 21.6 Å². The molecule has 1 aromatic heterocycles. The van der Waals surface area contributed by atoms with Gasteiger partial charge in [0.2, 0.25) is 20.0 Å². The monoisotopic (exact) mass is 438 g/mol. The van der Waals surface area contributed by atoms with Crippen LogP contribution in [0.5, 0.6) is 0 Å². The van der Waals surface area contributed by atoms with E-state index in [1.54, 1.807) is 0 Å². The smallest absolute Gasteiger partial charge is 0.349 e. The number of carbonyl (C=O) groups excluding carboxylic acids is 1. The second-order valence-corrected chi connectivity index (χ2v) is 10.1. The molecule has 0 aliphatic heterocycles. The van der Waals surface area contributed by atoms with Gasteiger partial charge in [0.1, 0.15) is 9.77 Å². The van der Waals surface area contributed by atoms with E-state index >= 15 is 0 Å². The van der Waals surface area contributed by atoms with Crippen LogP contribution in [0, 0.1) is 0 Å². The minimum atomic E-state index is -3.97. The highest BCUT2D eigenvalue weighted by Crippen LogP contribution is 2.30. The average Bonchev–Trinajstić information content (AvgIpc) is 2.96. The van der Waals surface area contributed by atoms with Gasteiger partial charge in [-0.3, -0.25) is 0 Å². The molecule has 26 heavy (non-hydrogen) atoms. The highest BCUT2D eigenvalue weighted by Gasteiger charge is 2.26. The van der Waals surface area contributed by atoms with Crippen LogP contribution in [0.4, 0.5) is 0 Å². The molecule has 0 radical (unpaired) electrons. The lowest BCUT2D eigenvalue weighted by Gasteiger charge is -2.07. The summed E-state index contributed by atoms with van der Waals surface area (Å²) >= 11 is 6.62. The topological polar surface area (TPSA) is 133 Å². The zero-order valence-corrected chi connectivity index (χ0v) is 16.6. The third kappa shape index (κ3) is 5.02. The minimum absolute atomic E-state index is 0.0301. The third-order valence-electron chi connectivity index (χ3n) is 3.29. The Morgan fingerprint density at radius 1 is 1.23 bits per heavy atom. The number of nitrogens with two attached hydrogens (primary N) is 1. The summed E-state index contributed by atoms with van der Waals surface area (Å²) in [5.74, 6) is -0.791. The van der Waals surface area contributed by atoms with Crippen molar-refractivity contribution in [2.75, 3.05) is 13.7 Å². The van der Waals surface area contributed by atoms with Crippen LogP contribution >= 0.6 is 22.9 Å². The first-order chi connectivity index (χ1) is 12.0. The molecular weight excluding hydrogens is 424 g/mol. The molecular formula is C14H15ClN2O6S3. The SMILES string of the molecule is COC(=O)c1sc(Cl)cc1S(=O)(=O)NCCc1ccc(S(N)(=O)=O)cc1. The van der Waals surface area contributed by atoms with Crippen molar-refractivity contribution in [1.82, 2.24) is 4.72 Å². The Labute approximate surface area is 160 Å². The zero-order chi connectivity index (χ0) is 19.5. The van der Waals surface area contributed by atoms with Gasteiger partial charge in [0.15, 0.2) is 0 Å². The van der Waals surface area contributed by atoms with Gasteiger partial charge in [-0.25, -0.2) is 31.5 Å². The molecule has 1 aromatic carbocycles. The molecule has 142 valence electrons. The Morgan fingerprint density at radius 3 is 2.38 bits per heavy atom. The normalized spacial score (nSPS) is 12.1. The van der Waals surface area contributed by atoms with E-state index in [0.717, 1.165) is 18.4 Å². The van der Waals surface area contributed by atoms with E-state index in [4.69, 9.17) is 16.7 Å². The van der Waals surface area contributed by atoms with Gasteiger partial charge in [-0.15, -0.1) is 11.3 Å². The number of methoxy groups -OCH3 is 1. The highest BCUT2D eigenvalue weighted by molar-refractivity contribution is 7.89. The minimum Gasteiger partial charge on any atom is -0.465 e. The predicted octanol–water partition coefficient (Wildman–Crippen LogP) is 1.36. The summed E-state index contributed by atoms with van der Waals surface area (Å²) in [7, 11) is -6.60. The number of rotatable bonds is 7. The predicted molar refractivity (Wildman–Crippen MR) is 97.4 cm³/mol. The summed E-state index contributed by atoms with van der Waals surface area (Å²) in [5, 5.41) is 5.01. The van der Waals surface area contributed by atoms with Gasteiger partial charge in [-0.2, -0.15) is 0 Å². The summed E-state index contributed by atoms with van der Waals surface area (Å²) in [6.07, 6.45) is 0.301. The molecule has 2 aromatic rings. The summed E-state index contributed by atoms with van der Waals surface area (Å²) in [6.45, 7) is 0.0329. The number of carbonyl (C=O) groups is 1.